The third-order valence-electron chi connectivity index (χ3n) is 2.80. The summed E-state index contributed by atoms with van der Waals surface area (Å²) >= 11 is 5.00. The van der Waals surface area contributed by atoms with Gasteiger partial charge in [0.15, 0.2) is 5.78 Å². The fourth-order valence-electron chi connectivity index (χ4n) is 1.87. The predicted octanol–water partition coefficient (Wildman–Crippen LogP) is 3.43. The molecular formula is C11H13BrO2S. The van der Waals surface area contributed by atoms with Crippen molar-refractivity contribution in [3.63, 3.8) is 0 Å². The first kappa shape index (κ1) is 11.3. The fraction of sp³-hybridized carbons (Fsp3) is 0.545. The van der Waals surface area contributed by atoms with E-state index in [0.29, 0.717) is 12.5 Å². The first-order chi connectivity index (χ1) is 7.09. The molecule has 0 radical (unpaired) electrons. The minimum absolute atomic E-state index is 0.138. The lowest BCUT2D eigenvalue weighted by molar-refractivity contribution is 0.0579. The minimum atomic E-state index is -0.231. The second-order valence-electron chi connectivity index (χ2n) is 3.94. The van der Waals surface area contributed by atoms with Crippen LogP contribution >= 0.6 is 27.3 Å². The predicted molar refractivity (Wildman–Crippen MR) is 64.6 cm³/mol. The lowest BCUT2D eigenvalue weighted by atomic mass is 9.97. The molecule has 1 aromatic heterocycles. The van der Waals surface area contributed by atoms with Crippen LogP contribution in [-0.2, 0) is 4.74 Å². The molecule has 2 nitrogen and oxygen atoms in total. The van der Waals surface area contributed by atoms with E-state index in [1.807, 2.05) is 13.0 Å². The molecule has 1 fully saturated rings. The summed E-state index contributed by atoms with van der Waals surface area (Å²) in [5.41, 5.74) is 0.811. The quantitative estimate of drug-likeness (QED) is 0.780. The van der Waals surface area contributed by atoms with Gasteiger partial charge in [0.2, 0.25) is 0 Å². The van der Waals surface area contributed by atoms with E-state index in [9.17, 15) is 4.79 Å². The fourth-order valence-corrected chi connectivity index (χ4v) is 3.57. The van der Waals surface area contributed by atoms with E-state index in [0.717, 1.165) is 20.6 Å². The Morgan fingerprint density at radius 3 is 2.87 bits per heavy atom. The molecule has 2 rings (SSSR count). The summed E-state index contributed by atoms with van der Waals surface area (Å²) in [6, 6.07) is 1.90. The van der Waals surface area contributed by atoms with Crippen molar-refractivity contribution in [3.8, 4) is 0 Å². The highest BCUT2D eigenvalue weighted by molar-refractivity contribution is 9.11. The highest BCUT2D eigenvalue weighted by Gasteiger charge is 2.32. The third-order valence-corrected chi connectivity index (χ3v) is 4.35. The van der Waals surface area contributed by atoms with Crippen molar-refractivity contribution in [2.45, 2.75) is 26.4 Å². The number of thiophene rings is 1. The van der Waals surface area contributed by atoms with Crippen LogP contribution in [0.4, 0.5) is 0 Å². The van der Waals surface area contributed by atoms with Crippen molar-refractivity contribution in [2.75, 3.05) is 6.61 Å². The largest absolute Gasteiger partial charge is 0.370 e. The Morgan fingerprint density at radius 2 is 2.40 bits per heavy atom. The zero-order valence-electron chi connectivity index (χ0n) is 8.75. The molecule has 2 heterocycles. The molecule has 82 valence electrons. The number of ketones is 1. The summed E-state index contributed by atoms with van der Waals surface area (Å²) in [6.45, 7) is 4.76. The Kier molecular flexibility index (Phi) is 3.28. The monoisotopic (exact) mass is 288 g/mol. The van der Waals surface area contributed by atoms with Crippen molar-refractivity contribution in [1.82, 2.24) is 0 Å². The van der Waals surface area contributed by atoms with E-state index >= 15 is 0 Å². The maximum absolute atomic E-state index is 12.2. The Hall–Kier alpha value is -0.190. The molecule has 1 aliphatic rings. The van der Waals surface area contributed by atoms with E-state index in [1.165, 1.54) is 0 Å². The molecule has 0 spiro atoms. The Morgan fingerprint density at radius 1 is 1.67 bits per heavy atom. The van der Waals surface area contributed by atoms with Gasteiger partial charge < -0.3 is 4.74 Å². The molecule has 0 aliphatic carbocycles. The summed E-state index contributed by atoms with van der Waals surface area (Å²) in [4.78, 5) is 13.2. The highest BCUT2D eigenvalue weighted by atomic mass is 79.9. The average molecular weight is 289 g/mol. The molecule has 0 bridgehead atoms. The zero-order valence-corrected chi connectivity index (χ0v) is 11.2. The second kappa shape index (κ2) is 4.36. The van der Waals surface area contributed by atoms with Crippen LogP contribution in [0.15, 0.2) is 9.85 Å². The molecule has 2 atom stereocenters. The van der Waals surface area contributed by atoms with Crippen molar-refractivity contribution in [3.05, 3.63) is 20.3 Å². The van der Waals surface area contributed by atoms with Gasteiger partial charge in [0.05, 0.1) is 3.79 Å². The topological polar surface area (TPSA) is 26.3 Å². The van der Waals surface area contributed by atoms with Crippen molar-refractivity contribution in [2.24, 2.45) is 5.92 Å². The lowest BCUT2D eigenvalue weighted by Crippen LogP contribution is -2.25. The molecule has 1 aromatic rings. The molecule has 1 saturated heterocycles. The number of hydrogen-bond acceptors (Lipinski definition) is 3. The van der Waals surface area contributed by atoms with Gasteiger partial charge in [-0.3, -0.25) is 4.79 Å². The van der Waals surface area contributed by atoms with Crippen LogP contribution in [0.1, 0.15) is 28.6 Å². The molecule has 0 saturated carbocycles. The van der Waals surface area contributed by atoms with Crippen LogP contribution in [-0.4, -0.2) is 18.5 Å². The molecule has 0 aromatic carbocycles. The van der Waals surface area contributed by atoms with Gasteiger partial charge >= 0.3 is 0 Å². The minimum Gasteiger partial charge on any atom is -0.370 e. The van der Waals surface area contributed by atoms with Gasteiger partial charge in [0.25, 0.3) is 0 Å². The number of hydrogen-bond donors (Lipinski definition) is 0. The first-order valence-corrected chi connectivity index (χ1v) is 6.62. The van der Waals surface area contributed by atoms with Crippen molar-refractivity contribution < 1.29 is 9.53 Å². The van der Waals surface area contributed by atoms with Crippen LogP contribution in [0.5, 0.6) is 0 Å². The number of rotatable bonds is 2. The highest BCUT2D eigenvalue weighted by Crippen LogP contribution is 2.30. The van der Waals surface area contributed by atoms with E-state index in [4.69, 9.17) is 4.74 Å². The standard InChI is InChI=1S/C11H13BrO2S/c1-6-3-4-14-11(6)10(13)8-5-9(12)15-7(8)2/h5-6,11H,3-4H2,1-2H3. The van der Waals surface area contributed by atoms with E-state index in [-0.39, 0.29) is 11.9 Å². The van der Waals surface area contributed by atoms with Gasteiger partial charge in [-0.25, -0.2) is 0 Å². The lowest BCUT2D eigenvalue weighted by Gasteiger charge is -2.12. The molecule has 0 amide bonds. The number of carbonyl (C=O) groups excluding carboxylic acids is 1. The second-order valence-corrected chi connectivity index (χ2v) is 6.58. The van der Waals surface area contributed by atoms with Crippen LogP contribution in [0.2, 0.25) is 0 Å². The normalized spacial score (nSPS) is 25.8. The summed E-state index contributed by atoms with van der Waals surface area (Å²) in [7, 11) is 0. The number of aryl methyl sites for hydroxylation is 1. The Balaban J connectivity index is 2.24. The van der Waals surface area contributed by atoms with Gasteiger partial charge in [-0.05, 0) is 41.3 Å². The Labute approximate surface area is 102 Å². The van der Waals surface area contributed by atoms with E-state index in [1.54, 1.807) is 11.3 Å². The summed E-state index contributed by atoms with van der Waals surface area (Å²) < 4.78 is 6.49. The molecule has 0 N–H and O–H groups in total. The van der Waals surface area contributed by atoms with Crippen LogP contribution < -0.4 is 0 Å². The van der Waals surface area contributed by atoms with E-state index < -0.39 is 0 Å². The molecule has 2 unspecified atom stereocenters. The smallest absolute Gasteiger partial charge is 0.192 e. The van der Waals surface area contributed by atoms with Crippen LogP contribution in [0, 0.1) is 12.8 Å². The zero-order chi connectivity index (χ0) is 11.0. The van der Waals surface area contributed by atoms with Crippen molar-refractivity contribution in [1.29, 1.82) is 0 Å². The van der Waals surface area contributed by atoms with Crippen LogP contribution in [0.25, 0.3) is 0 Å². The summed E-state index contributed by atoms with van der Waals surface area (Å²) in [5, 5.41) is 0. The number of Topliss-reactive ketones (excluding diaryl/α,β-unsaturated/α-hetero) is 1. The molecule has 1 aliphatic heterocycles. The van der Waals surface area contributed by atoms with Gasteiger partial charge in [-0.2, -0.15) is 0 Å². The molecular weight excluding hydrogens is 276 g/mol. The average Bonchev–Trinajstić information content (AvgIpc) is 2.71. The molecule has 15 heavy (non-hydrogen) atoms. The summed E-state index contributed by atoms with van der Waals surface area (Å²) in [5.74, 6) is 0.482. The summed E-state index contributed by atoms with van der Waals surface area (Å²) in [6.07, 6.45) is 0.756. The SMILES string of the molecule is Cc1sc(Br)cc1C(=O)C1OCCC1C. The van der Waals surface area contributed by atoms with Gasteiger partial charge in [0.1, 0.15) is 6.10 Å². The maximum Gasteiger partial charge on any atom is 0.192 e. The van der Waals surface area contributed by atoms with Gasteiger partial charge in [-0.1, -0.05) is 6.92 Å². The van der Waals surface area contributed by atoms with E-state index in [2.05, 4.69) is 22.9 Å². The Bertz CT molecular complexity index is 386. The van der Waals surface area contributed by atoms with Gasteiger partial charge in [-0.15, -0.1) is 11.3 Å². The van der Waals surface area contributed by atoms with Crippen LogP contribution in [0.3, 0.4) is 0 Å². The molecule has 4 heteroatoms. The number of ether oxygens (including phenoxy) is 1. The van der Waals surface area contributed by atoms with Crippen molar-refractivity contribution >= 4 is 33.0 Å². The maximum atomic E-state index is 12.2. The third kappa shape index (κ3) is 2.17. The van der Waals surface area contributed by atoms with Gasteiger partial charge in [0, 0.05) is 17.0 Å². The first-order valence-electron chi connectivity index (χ1n) is 5.01. The number of carbonyl (C=O) groups is 1. The number of halogens is 1.